The molecular weight excluding hydrogens is 240 g/mol. The molecule has 1 aromatic heterocycles. The van der Waals surface area contributed by atoms with E-state index in [4.69, 9.17) is 10.5 Å². The normalized spacial score (nSPS) is 10.4. The van der Waals surface area contributed by atoms with Crippen molar-refractivity contribution in [3.63, 3.8) is 0 Å². The van der Waals surface area contributed by atoms with Crippen LogP contribution in [0.3, 0.4) is 0 Å². The number of nitrogens with two attached hydrogens (primary N) is 1. The maximum Gasteiger partial charge on any atom is 0.292 e. The first kappa shape index (κ1) is 13.4. The van der Waals surface area contributed by atoms with Crippen LogP contribution in [0.25, 0.3) is 0 Å². The minimum Gasteiger partial charge on any atom is -0.483 e. The average Bonchev–Trinajstić information content (AvgIpc) is 2.46. The number of hydrogen-bond acceptors (Lipinski definition) is 3. The van der Waals surface area contributed by atoms with Gasteiger partial charge in [0, 0.05) is 12.7 Å². The van der Waals surface area contributed by atoms with Crippen LogP contribution in [0, 0.1) is 0 Å². The quantitative estimate of drug-likeness (QED) is 0.859. The molecule has 2 rings (SSSR count). The van der Waals surface area contributed by atoms with Gasteiger partial charge in [-0.25, -0.2) is 0 Å². The number of rotatable bonds is 6. The molecule has 0 fully saturated rings. The van der Waals surface area contributed by atoms with Gasteiger partial charge in [0.05, 0.1) is 0 Å². The molecule has 0 aliphatic rings. The Morgan fingerprint density at radius 2 is 1.89 bits per heavy atom. The molecule has 0 atom stereocenters. The van der Waals surface area contributed by atoms with Gasteiger partial charge in [0.1, 0.15) is 6.61 Å². The number of hydrogen-bond donors (Lipinski definition) is 1. The molecule has 0 amide bonds. The molecule has 0 spiro atoms. The molecule has 2 N–H and O–H groups in total. The molecule has 1 aromatic carbocycles. The summed E-state index contributed by atoms with van der Waals surface area (Å²) in [5.41, 5.74) is 6.39. The van der Waals surface area contributed by atoms with E-state index in [1.807, 2.05) is 36.4 Å². The first-order chi connectivity index (χ1) is 9.31. The van der Waals surface area contributed by atoms with Crippen LogP contribution in [-0.4, -0.2) is 11.1 Å². The van der Waals surface area contributed by atoms with E-state index in [0.717, 1.165) is 12.0 Å². The molecule has 0 aliphatic carbocycles. The van der Waals surface area contributed by atoms with Crippen molar-refractivity contribution in [1.82, 2.24) is 4.57 Å². The van der Waals surface area contributed by atoms with Crippen LogP contribution in [0.5, 0.6) is 5.75 Å². The van der Waals surface area contributed by atoms with Crippen molar-refractivity contribution in [3.05, 3.63) is 64.6 Å². The zero-order valence-electron chi connectivity index (χ0n) is 10.8. The molecule has 0 saturated carbocycles. The largest absolute Gasteiger partial charge is 0.483 e. The Morgan fingerprint density at radius 3 is 2.63 bits per heavy atom. The van der Waals surface area contributed by atoms with E-state index < -0.39 is 0 Å². The highest BCUT2D eigenvalue weighted by molar-refractivity contribution is 5.19. The van der Waals surface area contributed by atoms with Crippen LogP contribution in [0.4, 0.5) is 0 Å². The third-order valence-electron chi connectivity index (χ3n) is 2.83. The van der Waals surface area contributed by atoms with Crippen molar-refractivity contribution in [3.8, 4) is 5.75 Å². The maximum absolute atomic E-state index is 12.1. The lowest BCUT2D eigenvalue weighted by molar-refractivity contribution is 0.299. The molecule has 100 valence electrons. The minimum absolute atomic E-state index is 0.105. The number of aryl methyl sites for hydroxylation is 1. The van der Waals surface area contributed by atoms with Crippen LogP contribution in [0.1, 0.15) is 12.0 Å². The fourth-order valence-corrected chi connectivity index (χ4v) is 1.80. The van der Waals surface area contributed by atoms with E-state index in [-0.39, 0.29) is 5.56 Å². The summed E-state index contributed by atoms with van der Waals surface area (Å²) in [5.74, 6) is 0.378. The van der Waals surface area contributed by atoms with Gasteiger partial charge in [-0.15, -0.1) is 0 Å². The lowest BCUT2D eigenvalue weighted by atomic mass is 10.2. The Bertz CT molecular complexity index is 564. The van der Waals surface area contributed by atoms with Crippen molar-refractivity contribution < 1.29 is 4.74 Å². The van der Waals surface area contributed by atoms with Crippen molar-refractivity contribution in [1.29, 1.82) is 0 Å². The van der Waals surface area contributed by atoms with Gasteiger partial charge in [0.25, 0.3) is 5.56 Å². The highest BCUT2D eigenvalue weighted by Gasteiger charge is 2.04. The second-order valence-corrected chi connectivity index (χ2v) is 4.29. The van der Waals surface area contributed by atoms with Crippen LogP contribution < -0.4 is 16.0 Å². The van der Waals surface area contributed by atoms with Gasteiger partial charge in [0.2, 0.25) is 0 Å². The highest BCUT2D eigenvalue weighted by atomic mass is 16.5. The smallest absolute Gasteiger partial charge is 0.292 e. The van der Waals surface area contributed by atoms with Crippen LogP contribution in [0.2, 0.25) is 0 Å². The molecule has 1 heterocycles. The molecular formula is C15H18N2O2. The molecule has 19 heavy (non-hydrogen) atoms. The van der Waals surface area contributed by atoms with Gasteiger partial charge in [-0.2, -0.15) is 0 Å². The number of benzene rings is 1. The lowest BCUT2D eigenvalue weighted by Crippen LogP contribution is -2.22. The van der Waals surface area contributed by atoms with E-state index in [1.54, 1.807) is 16.8 Å². The summed E-state index contributed by atoms with van der Waals surface area (Å²) in [5, 5.41) is 0. The second-order valence-electron chi connectivity index (χ2n) is 4.29. The van der Waals surface area contributed by atoms with Crippen molar-refractivity contribution in [2.45, 2.75) is 19.6 Å². The molecule has 4 heteroatoms. The molecule has 2 aromatic rings. The van der Waals surface area contributed by atoms with Gasteiger partial charge < -0.3 is 15.0 Å². The summed E-state index contributed by atoms with van der Waals surface area (Å²) in [4.78, 5) is 12.1. The first-order valence-corrected chi connectivity index (χ1v) is 6.37. The molecule has 0 bridgehead atoms. The molecule has 4 nitrogen and oxygen atoms in total. The molecule has 0 saturated heterocycles. The molecule has 0 aliphatic heterocycles. The van der Waals surface area contributed by atoms with Crippen molar-refractivity contribution >= 4 is 0 Å². The third kappa shape index (κ3) is 3.69. The molecule has 0 radical (unpaired) electrons. The third-order valence-corrected chi connectivity index (χ3v) is 2.83. The summed E-state index contributed by atoms with van der Waals surface area (Å²) in [7, 11) is 0. The lowest BCUT2D eigenvalue weighted by Gasteiger charge is -2.09. The Hall–Kier alpha value is -2.07. The number of nitrogens with zero attached hydrogens (tertiary/aromatic N) is 1. The van der Waals surface area contributed by atoms with E-state index in [9.17, 15) is 4.79 Å². The van der Waals surface area contributed by atoms with E-state index >= 15 is 0 Å². The monoisotopic (exact) mass is 258 g/mol. The van der Waals surface area contributed by atoms with Crippen LogP contribution >= 0.6 is 0 Å². The van der Waals surface area contributed by atoms with Crippen molar-refractivity contribution in [2.24, 2.45) is 5.73 Å². The van der Waals surface area contributed by atoms with E-state index in [1.165, 1.54) is 0 Å². The zero-order chi connectivity index (χ0) is 13.5. The summed E-state index contributed by atoms with van der Waals surface area (Å²) in [6.45, 7) is 1.59. The van der Waals surface area contributed by atoms with Crippen molar-refractivity contribution in [2.75, 3.05) is 6.54 Å². The van der Waals surface area contributed by atoms with Gasteiger partial charge in [-0.3, -0.25) is 4.79 Å². The number of pyridine rings is 1. The average molecular weight is 258 g/mol. The highest BCUT2D eigenvalue weighted by Crippen LogP contribution is 2.07. The van der Waals surface area contributed by atoms with Gasteiger partial charge in [-0.1, -0.05) is 30.3 Å². The predicted octanol–water partition coefficient (Wildman–Crippen LogP) is 1.78. The number of ether oxygens (including phenoxy) is 1. The summed E-state index contributed by atoms with van der Waals surface area (Å²) < 4.78 is 7.21. The standard InChI is InChI=1S/C15H18N2O2/c16-9-5-11-17-10-4-8-14(15(17)18)19-12-13-6-2-1-3-7-13/h1-4,6-8,10H,5,9,11-12,16H2. The maximum atomic E-state index is 12.1. The minimum atomic E-state index is -0.105. The topological polar surface area (TPSA) is 57.2 Å². The van der Waals surface area contributed by atoms with Gasteiger partial charge >= 0.3 is 0 Å². The summed E-state index contributed by atoms with van der Waals surface area (Å²) in [6.07, 6.45) is 2.54. The fourth-order valence-electron chi connectivity index (χ4n) is 1.80. The fraction of sp³-hybridized carbons (Fsp3) is 0.267. The first-order valence-electron chi connectivity index (χ1n) is 6.37. The Balaban J connectivity index is 2.06. The zero-order valence-corrected chi connectivity index (χ0v) is 10.8. The van der Waals surface area contributed by atoms with Crippen LogP contribution in [0.15, 0.2) is 53.5 Å². The predicted molar refractivity (Wildman–Crippen MR) is 75.1 cm³/mol. The Morgan fingerprint density at radius 1 is 1.11 bits per heavy atom. The summed E-state index contributed by atoms with van der Waals surface area (Å²) in [6, 6.07) is 13.3. The van der Waals surface area contributed by atoms with Gasteiger partial charge in [-0.05, 0) is 30.7 Å². The molecule has 0 unspecified atom stereocenters. The second kappa shape index (κ2) is 6.75. The Labute approximate surface area is 112 Å². The van der Waals surface area contributed by atoms with E-state index in [2.05, 4.69) is 0 Å². The Kier molecular flexibility index (Phi) is 4.75. The SMILES string of the molecule is NCCCn1cccc(OCc2ccccc2)c1=O. The summed E-state index contributed by atoms with van der Waals surface area (Å²) >= 11 is 0. The van der Waals surface area contributed by atoms with Gasteiger partial charge in [0.15, 0.2) is 5.75 Å². The number of aromatic nitrogens is 1. The van der Waals surface area contributed by atoms with E-state index in [0.29, 0.717) is 25.4 Å². The van der Waals surface area contributed by atoms with Crippen LogP contribution in [-0.2, 0) is 13.2 Å².